The molecule has 2 saturated carbocycles. The average Bonchev–Trinajstić information content (AvgIpc) is 2.30. The first-order chi connectivity index (χ1) is 5.29. The second kappa shape index (κ2) is 3.06. The van der Waals surface area contributed by atoms with Crippen LogP contribution in [0, 0.1) is 11.8 Å². The van der Waals surface area contributed by atoms with Crippen LogP contribution >= 0.6 is 15.9 Å². The number of fused-ring (bicyclic) bond motifs is 1. The smallest absolute Gasteiger partial charge is 0.0696 e. The monoisotopic (exact) mass is 218 g/mol. The van der Waals surface area contributed by atoms with E-state index in [0.717, 1.165) is 5.92 Å². The van der Waals surface area contributed by atoms with Gasteiger partial charge in [0.25, 0.3) is 0 Å². The van der Waals surface area contributed by atoms with Crippen LogP contribution in [0.2, 0.25) is 0 Å². The molecule has 11 heavy (non-hydrogen) atoms. The maximum Gasteiger partial charge on any atom is 0.0696 e. The highest BCUT2D eigenvalue weighted by atomic mass is 79.9. The number of aliphatic hydroxyl groups excluding tert-OH is 1. The molecule has 2 rings (SSSR count). The Balaban J connectivity index is 2.05. The number of alkyl halides is 1. The molecule has 4 unspecified atom stereocenters. The van der Waals surface area contributed by atoms with E-state index in [1.807, 2.05) is 0 Å². The summed E-state index contributed by atoms with van der Waals surface area (Å²) in [5, 5.41) is 9.75. The summed E-state index contributed by atoms with van der Waals surface area (Å²) >= 11 is 3.54. The van der Waals surface area contributed by atoms with Gasteiger partial charge >= 0.3 is 0 Å². The molecule has 64 valence electrons. The molecular formula is C9H15BrO. The summed E-state index contributed by atoms with van der Waals surface area (Å²) in [5.41, 5.74) is 0. The number of halogens is 1. The molecule has 2 heteroatoms. The lowest BCUT2D eigenvalue weighted by Gasteiger charge is -2.26. The van der Waals surface area contributed by atoms with Gasteiger partial charge in [0.05, 0.1) is 6.10 Å². The van der Waals surface area contributed by atoms with Gasteiger partial charge < -0.3 is 5.11 Å². The van der Waals surface area contributed by atoms with Crippen LogP contribution in [0.25, 0.3) is 0 Å². The third-order valence-electron chi connectivity index (χ3n) is 3.31. The normalized spacial score (nSPS) is 50.7. The van der Waals surface area contributed by atoms with Gasteiger partial charge in [-0.05, 0) is 24.7 Å². The van der Waals surface area contributed by atoms with Crippen molar-refractivity contribution in [1.29, 1.82) is 0 Å². The quantitative estimate of drug-likeness (QED) is 0.620. The lowest BCUT2D eigenvalue weighted by Crippen LogP contribution is -2.25. The van der Waals surface area contributed by atoms with Crippen LogP contribution in [0.3, 0.4) is 0 Å². The Morgan fingerprint density at radius 3 is 2.64 bits per heavy atom. The Kier molecular flexibility index (Phi) is 2.24. The number of aliphatic hydroxyl groups is 1. The highest BCUT2D eigenvalue weighted by Gasteiger charge is 2.41. The topological polar surface area (TPSA) is 20.2 Å². The number of hydrogen-bond donors (Lipinski definition) is 1. The second-order valence-electron chi connectivity index (χ2n) is 3.95. The van der Waals surface area contributed by atoms with Gasteiger partial charge in [0.15, 0.2) is 0 Å². The van der Waals surface area contributed by atoms with Gasteiger partial charge in [-0.1, -0.05) is 35.2 Å². The molecule has 0 radical (unpaired) electrons. The summed E-state index contributed by atoms with van der Waals surface area (Å²) in [4.78, 5) is 0.385. The Morgan fingerprint density at radius 1 is 1.18 bits per heavy atom. The van der Waals surface area contributed by atoms with Crippen molar-refractivity contribution in [2.45, 2.75) is 43.0 Å². The van der Waals surface area contributed by atoms with E-state index in [1.54, 1.807) is 0 Å². The molecule has 0 aromatic heterocycles. The Labute approximate surface area is 76.3 Å². The second-order valence-corrected chi connectivity index (χ2v) is 5.13. The molecule has 1 N–H and O–H groups in total. The van der Waals surface area contributed by atoms with Crippen molar-refractivity contribution < 1.29 is 5.11 Å². The lowest BCUT2D eigenvalue weighted by atomic mass is 9.81. The molecule has 0 saturated heterocycles. The maximum absolute atomic E-state index is 9.75. The Bertz CT molecular complexity index is 148. The molecule has 1 nitrogen and oxygen atoms in total. The zero-order valence-electron chi connectivity index (χ0n) is 6.67. The average molecular weight is 219 g/mol. The van der Waals surface area contributed by atoms with Crippen LogP contribution in [0.1, 0.15) is 32.1 Å². The minimum absolute atomic E-state index is 0.0553. The van der Waals surface area contributed by atoms with E-state index >= 15 is 0 Å². The predicted molar refractivity (Wildman–Crippen MR) is 48.8 cm³/mol. The minimum Gasteiger partial charge on any atom is -0.392 e. The van der Waals surface area contributed by atoms with E-state index in [-0.39, 0.29) is 6.10 Å². The van der Waals surface area contributed by atoms with Crippen LogP contribution in [-0.2, 0) is 0 Å². The van der Waals surface area contributed by atoms with E-state index in [2.05, 4.69) is 15.9 Å². The molecule has 2 aliphatic rings. The van der Waals surface area contributed by atoms with Crippen LogP contribution in [0.4, 0.5) is 0 Å². The van der Waals surface area contributed by atoms with Crippen molar-refractivity contribution in [2.24, 2.45) is 11.8 Å². The van der Waals surface area contributed by atoms with E-state index in [0.29, 0.717) is 10.7 Å². The van der Waals surface area contributed by atoms with Crippen molar-refractivity contribution in [3.8, 4) is 0 Å². The maximum atomic E-state index is 9.75. The van der Waals surface area contributed by atoms with Gasteiger partial charge in [0, 0.05) is 4.83 Å². The van der Waals surface area contributed by atoms with E-state index < -0.39 is 0 Å². The molecule has 0 amide bonds. The third kappa shape index (κ3) is 1.35. The summed E-state index contributed by atoms with van der Waals surface area (Å²) in [6, 6.07) is 0. The first-order valence-corrected chi connectivity index (χ1v) is 5.53. The number of rotatable bonds is 0. The fraction of sp³-hybridized carbons (Fsp3) is 1.00. The zero-order chi connectivity index (χ0) is 7.84. The summed E-state index contributed by atoms with van der Waals surface area (Å²) in [5.74, 6) is 1.44. The molecule has 4 atom stereocenters. The van der Waals surface area contributed by atoms with Gasteiger partial charge in [-0.3, -0.25) is 0 Å². The van der Waals surface area contributed by atoms with E-state index in [1.165, 1.54) is 32.1 Å². The Hall–Kier alpha value is 0.440. The largest absolute Gasteiger partial charge is 0.392 e. The molecule has 2 fully saturated rings. The first kappa shape index (κ1) is 8.06. The fourth-order valence-corrected chi connectivity index (χ4v) is 3.55. The zero-order valence-corrected chi connectivity index (χ0v) is 8.26. The van der Waals surface area contributed by atoms with Crippen molar-refractivity contribution in [3.63, 3.8) is 0 Å². The molecular weight excluding hydrogens is 204 g/mol. The summed E-state index contributed by atoms with van der Waals surface area (Å²) < 4.78 is 0. The van der Waals surface area contributed by atoms with Crippen LogP contribution < -0.4 is 0 Å². The SMILES string of the molecule is OC1C(Br)CC2CCCCC21. The molecule has 0 heterocycles. The minimum atomic E-state index is -0.0553. The summed E-state index contributed by atoms with van der Waals surface area (Å²) in [6.45, 7) is 0. The van der Waals surface area contributed by atoms with Crippen LogP contribution in [-0.4, -0.2) is 16.0 Å². The predicted octanol–water partition coefficient (Wildman–Crippen LogP) is 2.32. The van der Waals surface area contributed by atoms with Gasteiger partial charge in [0.1, 0.15) is 0 Å². The third-order valence-corrected chi connectivity index (χ3v) is 4.22. The molecule has 0 bridgehead atoms. The van der Waals surface area contributed by atoms with Gasteiger partial charge in [-0.25, -0.2) is 0 Å². The van der Waals surface area contributed by atoms with Gasteiger partial charge in [0.2, 0.25) is 0 Å². The van der Waals surface area contributed by atoms with Crippen LogP contribution in [0.5, 0.6) is 0 Å². The molecule has 2 aliphatic carbocycles. The van der Waals surface area contributed by atoms with Crippen molar-refractivity contribution in [1.82, 2.24) is 0 Å². The van der Waals surface area contributed by atoms with E-state index in [4.69, 9.17) is 0 Å². The van der Waals surface area contributed by atoms with Crippen molar-refractivity contribution >= 4 is 15.9 Å². The molecule has 0 spiro atoms. The van der Waals surface area contributed by atoms with Gasteiger partial charge in [-0.15, -0.1) is 0 Å². The highest BCUT2D eigenvalue weighted by molar-refractivity contribution is 9.09. The van der Waals surface area contributed by atoms with Gasteiger partial charge in [-0.2, -0.15) is 0 Å². The van der Waals surface area contributed by atoms with Crippen molar-refractivity contribution in [3.05, 3.63) is 0 Å². The summed E-state index contributed by atoms with van der Waals surface area (Å²) in [6.07, 6.45) is 6.47. The van der Waals surface area contributed by atoms with E-state index in [9.17, 15) is 5.11 Å². The lowest BCUT2D eigenvalue weighted by molar-refractivity contribution is 0.0997. The molecule has 0 aromatic rings. The van der Waals surface area contributed by atoms with Crippen molar-refractivity contribution in [2.75, 3.05) is 0 Å². The van der Waals surface area contributed by atoms with Crippen LogP contribution in [0.15, 0.2) is 0 Å². The Morgan fingerprint density at radius 2 is 1.91 bits per heavy atom. The molecule has 0 aromatic carbocycles. The summed E-state index contributed by atoms with van der Waals surface area (Å²) in [7, 11) is 0. The first-order valence-electron chi connectivity index (χ1n) is 4.61. The highest BCUT2D eigenvalue weighted by Crippen LogP contribution is 2.44. The standard InChI is InChI=1S/C9H15BrO/c10-8-5-6-3-1-2-4-7(6)9(8)11/h6-9,11H,1-5H2. The number of hydrogen-bond acceptors (Lipinski definition) is 1. The fourth-order valence-electron chi connectivity index (χ4n) is 2.68. The molecule has 0 aliphatic heterocycles.